The van der Waals surface area contributed by atoms with E-state index in [1.54, 1.807) is 0 Å². The summed E-state index contributed by atoms with van der Waals surface area (Å²) in [5.74, 6) is -1.35. The lowest BCUT2D eigenvalue weighted by molar-refractivity contribution is -0.153. The molecule has 0 radical (unpaired) electrons. The van der Waals surface area contributed by atoms with Gasteiger partial charge in [0.05, 0.1) is 11.1 Å². The van der Waals surface area contributed by atoms with Crippen LogP contribution in [0.25, 0.3) is 0 Å². The van der Waals surface area contributed by atoms with E-state index in [9.17, 15) is 31.1 Å². The molecule has 0 fully saturated rings. The number of alkyl halides is 6. The zero-order chi connectivity index (χ0) is 14.8. The van der Waals surface area contributed by atoms with Crippen LogP contribution in [0, 0.1) is 0 Å². The van der Waals surface area contributed by atoms with E-state index in [2.05, 4.69) is 4.74 Å². The third-order valence-electron chi connectivity index (χ3n) is 2.08. The van der Waals surface area contributed by atoms with Gasteiger partial charge in [-0.15, -0.1) is 0 Å². The maximum Gasteiger partial charge on any atom is 0.422 e. The van der Waals surface area contributed by atoms with Gasteiger partial charge in [-0.25, -0.2) is 0 Å². The first-order valence-corrected chi connectivity index (χ1v) is 4.92. The Kier molecular flexibility index (Phi) is 4.12. The standard InChI is InChI=1S/C11H8F6O2/c1-6(18)8-4-7(11(15,16)17)2-3-9(8)19-5-10(12,13)14/h2-4H,5H2,1H3. The summed E-state index contributed by atoms with van der Waals surface area (Å²) in [5, 5.41) is 0. The molecule has 0 unspecified atom stereocenters. The van der Waals surface area contributed by atoms with Crippen LogP contribution in [0.15, 0.2) is 18.2 Å². The lowest BCUT2D eigenvalue weighted by Crippen LogP contribution is -2.20. The molecule has 2 nitrogen and oxygen atoms in total. The van der Waals surface area contributed by atoms with Gasteiger partial charge in [-0.05, 0) is 25.1 Å². The summed E-state index contributed by atoms with van der Waals surface area (Å²) in [6.45, 7) is -0.741. The second-order valence-electron chi connectivity index (χ2n) is 3.67. The average Bonchev–Trinajstić information content (AvgIpc) is 2.23. The molecule has 0 aliphatic heterocycles. The second kappa shape index (κ2) is 5.10. The number of rotatable bonds is 3. The van der Waals surface area contributed by atoms with Crippen LogP contribution in [0.5, 0.6) is 5.75 Å². The van der Waals surface area contributed by atoms with Gasteiger partial charge in [-0.2, -0.15) is 26.3 Å². The minimum atomic E-state index is -4.69. The molecule has 106 valence electrons. The summed E-state index contributed by atoms with van der Waals surface area (Å²) in [7, 11) is 0. The first-order valence-electron chi connectivity index (χ1n) is 4.92. The Hall–Kier alpha value is -1.73. The Morgan fingerprint density at radius 3 is 2.16 bits per heavy atom. The number of ketones is 1. The van der Waals surface area contributed by atoms with Crippen molar-refractivity contribution in [2.75, 3.05) is 6.61 Å². The minimum Gasteiger partial charge on any atom is -0.483 e. The highest BCUT2D eigenvalue weighted by Crippen LogP contribution is 2.33. The van der Waals surface area contributed by atoms with Crippen LogP contribution in [-0.2, 0) is 6.18 Å². The van der Waals surface area contributed by atoms with Gasteiger partial charge in [0.25, 0.3) is 0 Å². The van der Waals surface area contributed by atoms with Gasteiger partial charge in [0.15, 0.2) is 12.4 Å². The first kappa shape index (κ1) is 15.3. The number of benzene rings is 1. The third-order valence-corrected chi connectivity index (χ3v) is 2.08. The number of halogens is 6. The SMILES string of the molecule is CC(=O)c1cc(C(F)(F)F)ccc1OCC(F)(F)F. The Morgan fingerprint density at radius 1 is 1.16 bits per heavy atom. The van der Waals surface area contributed by atoms with Crippen molar-refractivity contribution in [3.8, 4) is 5.75 Å². The van der Waals surface area contributed by atoms with E-state index in [0.717, 1.165) is 6.92 Å². The predicted molar refractivity (Wildman–Crippen MR) is 53.0 cm³/mol. The highest BCUT2D eigenvalue weighted by Gasteiger charge is 2.33. The normalized spacial score (nSPS) is 12.4. The van der Waals surface area contributed by atoms with Crippen LogP contribution in [-0.4, -0.2) is 18.6 Å². The Balaban J connectivity index is 3.09. The van der Waals surface area contributed by atoms with Crippen LogP contribution in [0.1, 0.15) is 22.8 Å². The fourth-order valence-electron chi connectivity index (χ4n) is 1.27. The molecular weight excluding hydrogens is 278 g/mol. The van der Waals surface area contributed by atoms with Crippen LogP contribution >= 0.6 is 0 Å². The van der Waals surface area contributed by atoms with E-state index >= 15 is 0 Å². The van der Waals surface area contributed by atoms with Gasteiger partial charge in [-0.1, -0.05) is 0 Å². The summed E-state index contributed by atoms with van der Waals surface area (Å²) in [6, 6.07) is 1.72. The van der Waals surface area contributed by atoms with Crippen LogP contribution < -0.4 is 4.74 Å². The summed E-state index contributed by atoms with van der Waals surface area (Å²) in [5.41, 5.74) is -1.67. The molecule has 0 atom stereocenters. The van der Waals surface area contributed by atoms with Gasteiger partial charge >= 0.3 is 12.4 Å². The van der Waals surface area contributed by atoms with E-state index in [1.807, 2.05) is 0 Å². The van der Waals surface area contributed by atoms with Gasteiger partial charge < -0.3 is 4.74 Å². The fraction of sp³-hybridized carbons (Fsp3) is 0.364. The van der Waals surface area contributed by atoms with Crippen molar-refractivity contribution in [3.63, 3.8) is 0 Å². The molecule has 0 N–H and O–H groups in total. The zero-order valence-electron chi connectivity index (χ0n) is 9.52. The molecule has 19 heavy (non-hydrogen) atoms. The predicted octanol–water partition coefficient (Wildman–Crippen LogP) is 3.85. The topological polar surface area (TPSA) is 26.3 Å². The van der Waals surface area contributed by atoms with Crippen molar-refractivity contribution in [3.05, 3.63) is 29.3 Å². The molecule has 0 saturated heterocycles. The molecule has 0 amide bonds. The number of carbonyl (C=O) groups excluding carboxylic acids is 1. The molecular formula is C11H8F6O2. The lowest BCUT2D eigenvalue weighted by atomic mass is 10.1. The van der Waals surface area contributed by atoms with Crippen molar-refractivity contribution in [1.82, 2.24) is 0 Å². The molecule has 0 spiro atoms. The highest BCUT2D eigenvalue weighted by molar-refractivity contribution is 5.97. The molecule has 0 bridgehead atoms. The zero-order valence-corrected chi connectivity index (χ0v) is 9.52. The molecule has 1 aromatic rings. The molecule has 1 aromatic carbocycles. The molecule has 0 aromatic heterocycles. The van der Waals surface area contributed by atoms with E-state index < -0.39 is 41.6 Å². The maximum absolute atomic E-state index is 12.4. The van der Waals surface area contributed by atoms with Gasteiger partial charge in [0.1, 0.15) is 5.75 Å². The van der Waals surface area contributed by atoms with Gasteiger partial charge in [-0.3, -0.25) is 4.79 Å². The van der Waals surface area contributed by atoms with Crippen LogP contribution in [0.3, 0.4) is 0 Å². The Labute approximate surface area is 104 Å². The Morgan fingerprint density at radius 2 is 1.74 bits per heavy atom. The van der Waals surface area contributed by atoms with E-state index in [4.69, 9.17) is 0 Å². The van der Waals surface area contributed by atoms with Crippen molar-refractivity contribution in [2.24, 2.45) is 0 Å². The summed E-state index contributed by atoms with van der Waals surface area (Å²) in [6.07, 6.45) is -9.33. The third kappa shape index (κ3) is 4.46. The van der Waals surface area contributed by atoms with E-state index in [-0.39, 0.29) is 0 Å². The van der Waals surface area contributed by atoms with E-state index in [0.29, 0.717) is 18.2 Å². The van der Waals surface area contributed by atoms with Crippen LogP contribution in [0.2, 0.25) is 0 Å². The molecule has 1 rings (SSSR count). The largest absolute Gasteiger partial charge is 0.483 e. The van der Waals surface area contributed by atoms with E-state index in [1.165, 1.54) is 0 Å². The maximum atomic E-state index is 12.4. The molecule has 0 heterocycles. The smallest absolute Gasteiger partial charge is 0.422 e. The summed E-state index contributed by atoms with van der Waals surface area (Å²) in [4.78, 5) is 11.1. The summed E-state index contributed by atoms with van der Waals surface area (Å²) < 4.78 is 77.4. The van der Waals surface area contributed by atoms with Crippen molar-refractivity contribution < 1.29 is 35.9 Å². The molecule has 0 saturated carbocycles. The molecule has 8 heteroatoms. The van der Waals surface area contributed by atoms with Crippen molar-refractivity contribution in [1.29, 1.82) is 0 Å². The second-order valence-corrected chi connectivity index (χ2v) is 3.67. The number of ether oxygens (including phenoxy) is 1. The number of carbonyl (C=O) groups is 1. The van der Waals surface area contributed by atoms with Crippen LogP contribution in [0.4, 0.5) is 26.3 Å². The summed E-state index contributed by atoms with van der Waals surface area (Å²) >= 11 is 0. The number of Topliss-reactive ketones (excluding diaryl/α,β-unsaturated/α-hetero) is 1. The quantitative estimate of drug-likeness (QED) is 0.623. The minimum absolute atomic E-state index is 0.466. The van der Waals surface area contributed by atoms with Gasteiger partial charge in [0.2, 0.25) is 0 Å². The average molecular weight is 286 g/mol. The fourth-order valence-corrected chi connectivity index (χ4v) is 1.27. The van der Waals surface area contributed by atoms with Gasteiger partial charge in [0, 0.05) is 0 Å². The Bertz CT molecular complexity index is 475. The number of hydrogen-bond donors (Lipinski definition) is 0. The van der Waals surface area contributed by atoms with Crippen molar-refractivity contribution >= 4 is 5.78 Å². The monoisotopic (exact) mass is 286 g/mol. The highest BCUT2D eigenvalue weighted by atomic mass is 19.4. The first-order chi connectivity index (χ1) is 8.50. The van der Waals surface area contributed by atoms with Crippen molar-refractivity contribution in [2.45, 2.75) is 19.3 Å². The molecule has 0 aliphatic rings. The number of hydrogen-bond acceptors (Lipinski definition) is 2. The lowest BCUT2D eigenvalue weighted by Gasteiger charge is -2.14. The molecule has 0 aliphatic carbocycles.